The normalized spacial score (nSPS) is 11.7. The molecule has 3 aromatic rings. The molecule has 26 heavy (non-hydrogen) atoms. The van der Waals surface area contributed by atoms with Crippen LogP contribution in [-0.2, 0) is 30.5 Å². The third-order valence-electron chi connectivity index (χ3n) is 4.48. The van der Waals surface area contributed by atoms with Crippen molar-refractivity contribution in [3.63, 3.8) is 0 Å². The van der Waals surface area contributed by atoms with E-state index in [0.717, 1.165) is 12.0 Å². The third kappa shape index (κ3) is 2.96. The van der Waals surface area contributed by atoms with E-state index in [1.54, 1.807) is 50.5 Å². The molecule has 3 rings (SSSR count). The van der Waals surface area contributed by atoms with Gasteiger partial charge in [-0.05, 0) is 30.2 Å². The SMILES string of the molecule is CCc1ccc(S(=O)(=O)Nc2cc3c(cc2OC)n(C)c(=O)n3C)cc1. The Morgan fingerprint density at radius 3 is 2.15 bits per heavy atom. The third-order valence-corrected chi connectivity index (χ3v) is 5.86. The number of imidazole rings is 1. The van der Waals surface area contributed by atoms with Crippen LogP contribution in [0.25, 0.3) is 11.0 Å². The van der Waals surface area contributed by atoms with Gasteiger partial charge in [0.25, 0.3) is 10.0 Å². The fourth-order valence-electron chi connectivity index (χ4n) is 2.88. The summed E-state index contributed by atoms with van der Waals surface area (Å²) in [4.78, 5) is 12.3. The number of anilines is 1. The van der Waals surface area contributed by atoms with Gasteiger partial charge in [0.15, 0.2) is 0 Å². The first-order valence-corrected chi connectivity index (χ1v) is 9.62. The second kappa shape index (κ2) is 6.53. The van der Waals surface area contributed by atoms with Crippen LogP contribution in [0.1, 0.15) is 12.5 Å². The van der Waals surface area contributed by atoms with Gasteiger partial charge in [-0.3, -0.25) is 13.9 Å². The van der Waals surface area contributed by atoms with E-state index < -0.39 is 10.0 Å². The fraction of sp³-hybridized carbons (Fsp3) is 0.278. The number of methoxy groups -OCH3 is 1. The van der Waals surface area contributed by atoms with E-state index >= 15 is 0 Å². The number of nitrogens with one attached hydrogen (secondary N) is 1. The quantitative estimate of drug-likeness (QED) is 0.741. The lowest BCUT2D eigenvalue weighted by Gasteiger charge is -2.13. The van der Waals surface area contributed by atoms with Crippen molar-refractivity contribution in [2.24, 2.45) is 14.1 Å². The average molecular weight is 375 g/mol. The molecule has 0 spiro atoms. The molecule has 0 unspecified atom stereocenters. The predicted molar refractivity (Wildman–Crippen MR) is 101 cm³/mol. The van der Waals surface area contributed by atoms with Gasteiger partial charge in [-0.15, -0.1) is 0 Å². The van der Waals surface area contributed by atoms with E-state index in [1.165, 1.54) is 16.2 Å². The smallest absolute Gasteiger partial charge is 0.328 e. The van der Waals surface area contributed by atoms with Crippen molar-refractivity contribution in [3.05, 3.63) is 52.4 Å². The molecule has 1 heterocycles. The largest absolute Gasteiger partial charge is 0.494 e. The molecule has 2 aromatic carbocycles. The van der Waals surface area contributed by atoms with Crippen molar-refractivity contribution in [3.8, 4) is 5.75 Å². The summed E-state index contributed by atoms with van der Waals surface area (Å²) in [6.45, 7) is 2.01. The molecule has 0 radical (unpaired) electrons. The first-order chi connectivity index (χ1) is 12.3. The molecular weight excluding hydrogens is 354 g/mol. The molecule has 0 aliphatic rings. The monoisotopic (exact) mass is 375 g/mol. The highest BCUT2D eigenvalue weighted by molar-refractivity contribution is 7.92. The number of aryl methyl sites for hydroxylation is 3. The lowest BCUT2D eigenvalue weighted by molar-refractivity contribution is 0.417. The Morgan fingerprint density at radius 2 is 1.62 bits per heavy atom. The summed E-state index contributed by atoms with van der Waals surface area (Å²) in [5.41, 5.74) is 2.40. The molecule has 0 bridgehead atoms. The number of aromatic nitrogens is 2. The van der Waals surface area contributed by atoms with E-state index in [1.807, 2.05) is 6.92 Å². The molecule has 0 amide bonds. The summed E-state index contributed by atoms with van der Waals surface area (Å²) in [5.74, 6) is 0.340. The highest BCUT2D eigenvalue weighted by Crippen LogP contribution is 2.31. The molecule has 0 aliphatic carbocycles. The highest BCUT2D eigenvalue weighted by atomic mass is 32.2. The minimum absolute atomic E-state index is 0.166. The molecule has 0 saturated heterocycles. The zero-order valence-electron chi connectivity index (χ0n) is 15.1. The lowest BCUT2D eigenvalue weighted by Crippen LogP contribution is -2.19. The van der Waals surface area contributed by atoms with Gasteiger partial charge in [-0.25, -0.2) is 13.2 Å². The Balaban J connectivity index is 2.09. The van der Waals surface area contributed by atoms with Gasteiger partial charge < -0.3 is 4.74 Å². The number of sulfonamides is 1. The Kier molecular flexibility index (Phi) is 4.53. The average Bonchev–Trinajstić information content (AvgIpc) is 2.84. The minimum atomic E-state index is -3.78. The Labute approximate surface area is 151 Å². The molecule has 8 heteroatoms. The molecule has 0 saturated carbocycles. The molecular formula is C18H21N3O4S. The number of hydrogen-bond donors (Lipinski definition) is 1. The van der Waals surface area contributed by atoms with Crippen molar-refractivity contribution < 1.29 is 13.2 Å². The van der Waals surface area contributed by atoms with Gasteiger partial charge in [0.1, 0.15) is 5.75 Å². The van der Waals surface area contributed by atoms with Crippen LogP contribution in [0.5, 0.6) is 5.75 Å². The van der Waals surface area contributed by atoms with Crippen LogP contribution in [-0.4, -0.2) is 24.7 Å². The van der Waals surface area contributed by atoms with Crippen molar-refractivity contribution in [2.75, 3.05) is 11.8 Å². The topological polar surface area (TPSA) is 82.3 Å². The van der Waals surface area contributed by atoms with Crippen molar-refractivity contribution in [1.82, 2.24) is 9.13 Å². The van der Waals surface area contributed by atoms with Crippen molar-refractivity contribution in [2.45, 2.75) is 18.2 Å². The second-order valence-electron chi connectivity index (χ2n) is 6.04. The summed E-state index contributed by atoms with van der Waals surface area (Å²) in [6.07, 6.45) is 0.834. The molecule has 138 valence electrons. The van der Waals surface area contributed by atoms with E-state index in [-0.39, 0.29) is 16.3 Å². The maximum atomic E-state index is 12.7. The van der Waals surface area contributed by atoms with Crippen LogP contribution in [0.15, 0.2) is 46.1 Å². The van der Waals surface area contributed by atoms with Gasteiger partial charge in [0.2, 0.25) is 0 Å². The summed E-state index contributed by atoms with van der Waals surface area (Å²) in [7, 11) is 0.968. The maximum Gasteiger partial charge on any atom is 0.328 e. The Morgan fingerprint density at radius 1 is 1.04 bits per heavy atom. The number of benzene rings is 2. The number of fused-ring (bicyclic) bond motifs is 1. The Bertz CT molecular complexity index is 1130. The Hall–Kier alpha value is -2.74. The molecule has 0 fully saturated rings. The van der Waals surface area contributed by atoms with Crippen LogP contribution in [0.3, 0.4) is 0 Å². The van der Waals surface area contributed by atoms with Crippen molar-refractivity contribution in [1.29, 1.82) is 0 Å². The highest BCUT2D eigenvalue weighted by Gasteiger charge is 2.19. The van der Waals surface area contributed by atoms with E-state index in [0.29, 0.717) is 16.8 Å². The molecule has 0 aliphatic heterocycles. The van der Waals surface area contributed by atoms with E-state index in [9.17, 15) is 13.2 Å². The van der Waals surface area contributed by atoms with Crippen LogP contribution in [0, 0.1) is 0 Å². The van der Waals surface area contributed by atoms with E-state index in [2.05, 4.69) is 4.72 Å². The van der Waals surface area contributed by atoms with Gasteiger partial charge in [-0.2, -0.15) is 0 Å². The number of hydrogen-bond acceptors (Lipinski definition) is 4. The van der Waals surface area contributed by atoms with Crippen LogP contribution in [0.4, 0.5) is 5.69 Å². The van der Waals surface area contributed by atoms with Crippen LogP contribution in [0.2, 0.25) is 0 Å². The minimum Gasteiger partial charge on any atom is -0.494 e. The van der Waals surface area contributed by atoms with Crippen molar-refractivity contribution >= 4 is 26.7 Å². The number of ether oxygens (including phenoxy) is 1. The van der Waals surface area contributed by atoms with Crippen LogP contribution < -0.4 is 15.1 Å². The fourth-order valence-corrected chi connectivity index (χ4v) is 3.94. The summed E-state index contributed by atoms with van der Waals surface area (Å²) in [6, 6.07) is 9.98. The predicted octanol–water partition coefficient (Wildman–Crippen LogP) is 2.25. The maximum absolute atomic E-state index is 12.7. The summed E-state index contributed by atoms with van der Waals surface area (Å²) < 4.78 is 36.3. The first-order valence-electron chi connectivity index (χ1n) is 8.13. The molecule has 1 N–H and O–H groups in total. The zero-order valence-corrected chi connectivity index (χ0v) is 15.9. The van der Waals surface area contributed by atoms with E-state index in [4.69, 9.17) is 4.74 Å². The van der Waals surface area contributed by atoms with Gasteiger partial charge >= 0.3 is 5.69 Å². The standard InChI is InChI=1S/C18H21N3O4S/c1-5-12-6-8-13(9-7-12)26(23,24)19-14-10-15-16(11-17(14)25-4)21(3)18(22)20(15)2/h6-11,19H,5H2,1-4H3. The first kappa shape index (κ1) is 18.1. The second-order valence-corrected chi connectivity index (χ2v) is 7.73. The number of rotatable bonds is 5. The number of nitrogens with zero attached hydrogens (tertiary/aromatic N) is 2. The van der Waals surface area contributed by atoms with Gasteiger partial charge in [0.05, 0.1) is 28.7 Å². The molecule has 0 atom stereocenters. The van der Waals surface area contributed by atoms with Gasteiger partial charge in [-0.1, -0.05) is 19.1 Å². The zero-order chi connectivity index (χ0) is 19.1. The summed E-state index contributed by atoms with van der Waals surface area (Å²) >= 11 is 0. The van der Waals surface area contributed by atoms with Gasteiger partial charge in [0, 0.05) is 20.2 Å². The molecule has 1 aromatic heterocycles. The molecule has 7 nitrogen and oxygen atoms in total. The lowest BCUT2D eigenvalue weighted by atomic mass is 10.2. The van der Waals surface area contributed by atoms with Crippen LogP contribution >= 0.6 is 0 Å². The summed E-state index contributed by atoms with van der Waals surface area (Å²) in [5, 5.41) is 0.